The van der Waals surface area contributed by atoms with Crippen LogP contribution in [-0.2, 0) is 4.79 Å². The summed E-state index contributed by atoms with van der Waals surface area (Å²) in [5, 5.41) is 3.06. The first-order chi connectivity index (χ1) is 13.4. The largest absolute Gasteiger partial charge is 0.350 e. The van der Waals surface area contributed by atoms with Crippen molar-refractivity contribution in [3.63, 3.8) is 0 Å². The molecule has 0 aromatic rings. The number of carbonyl (C=O) groups is 1. The number of amides is 1. The Morgan fingerprint density at radius 3 is 2.07 bits per heavy atom. The van der Waals surface area contributed by atoms with Crippen LogP contribution in [0.2, 0.25) is 0 Å². The standard InChI is InChI=1S/C24H46N4O/c1-23(2,3)19-10-8-18(9-11-19)12-26(7)20-15-28(16-20)21-13-27(14-21)17-22(29)25-24(4,5)6/h18-21H,8-17H2,1-7H3,(H,25,29). The molecule has 0 unspecified atom stereocenters. The van der Waals surface area contributed by atoms with Gasteiger partial charge in [-0.05, 0) is 70.8 Å². The SMILES string of the molecule is CN(CC1CCC(C(C)(C)C)CC1)C1CN(C2CN(CC(=O)NC(C)(C)C)C2)C1. The normalized spacial score (nSPS) is 28.3. The highest BCUT2D eigenvalue weighted by molar-refractivity contribution is 5.78. The van der Waals surface area contributed by atoms with Gasteiger partial charge in [0.1, 0.15) is 0 Å². The summed E-state index contributed by atoms with van der Waals surface area (Å²) in [6.07, 6.45) is 5.66. The Hall–Kier alpha value is -0.650. The van der Waals surface area contributed by atoms with E-state index in [2.05, 4.69) is 47.8 Å². The summed E-state index contributed by atoms with van der Waals surface area (Å²) in [6, 6.07) is 1.39. The van der Waals surface area contributed by atoms with Crippen LogP contribution in [0.15, 0.2) is 0 Å². The van der Waals surface area contributed by atoms with E-state index in [1.807, 2.05) is 20.8 Å². The van der Waals surface area contributed by atoms with E-state index >= 15 is 0 Å². The van der Waals surface area contributed by atoms with Crippen LogP contribution in [0.1, 0.15) is 67.2 Å². The van der Waals surface area contributed by atoms with Gasteiger partial charge in [-0.25, -0.2) is 0 Å². The van der Waals surface area contributed by atoms with Gasteiger partial charge in [-0.15, -0.1) is 0 Å². The van der Waals surface area contributed by atoms with Crippen molar-refractivity contribution in [1.82, 2.24) is 20.0 Å². The van der Waals surface area contributed by atoms with Gasteiger partial charge >= 0.3 is 0 Å². The number of rotatable bonds is 6. The van der Waals surface area contributed by atoms with E-state index in [0.717, 1.165) is 31.0 Å². The van der Waals surface area contributed by atoms with Crippen molar-refractivity contribution in [3.05, 3.63) is 0 Å². The zero-order chi connectivity index (χ0) is 21.4. The first-order valence-corrected chi connectivity index (χ1v) is 11.9. The number of nitrogens with one attached hydrogen (secondary N) is 1. The van der Waals surface area contributed by atoms with Crippen LogP contribution in [-0.4, -0.2) is 84.5 Å². The Balaban J connectivity index is 1.29. The van der Waals surface area contributed by atoms with Crippen molar-refractivity contribution in [2.24, 2.45) is 17.3 Å². The van der Waals surface area contributed by atoms with Crippen LogP contribution < -0.4 is 5.32 Å². The quantitative estimate of drug-likeness (QED) is 0.736. The molecule has 5 heteroatoms. The van der Waals surface area contributed by atoms with Crippen LogP contribution >= 0.6 is 0 Å². The molecule has 1 saturated carbocycles. The highest BCUT2D eigenvalue weighted by Crippen LogP contribution is 2.40. The fourth-order valence-corrected chi connectivity index (χ4v) is 5.40. The minimum absolute atomic E-state index is 0.136. The summed E-state index contributed by atoms with van der Waals surface area (Å²) in [5.74, 6) is 1.96. The van der Waals surface area contributed by atoms with Gasteiger partial charge < -0.3 is 10.2 Å². The minimum Gasteiger partial charge on any atom is -0.350 e. The Kier molecular flexibility index (Phi) is 7.02. The smallest absolute Gasteiger partial charge is 0.234 e. The topological polar surface area (TPSA) is 38.8 Å². The summed E-state index contributed by atoms with van der Waals surface area (Å²) in [5.41, 5.74) is 0.345. The zero-order valence-electron chi connectivity index (χ0n) is 20.1. The molecular formula is C24H46N4O. The first-order valence-electron chi connectivity index (χ1n) is 11.9. The van der Waals surface area contributed by atoms with Crippen LogP contribution in [0.5, 0.6) is 0 Å². The van der Waals surface area contributed by atoms with Crippen LogP contribution in [0.4, 0.5) is 0 Å². The second-order valence-electron chi connectivity index (χ2n) is 12.3. The third-order valence-electron chi connectivity index (χ3n) is 7.47. The lowest BCUT2D eigenvalue weighted by atomic mass is 9.70. The number of carbonyl (C=O) groups excluding carboxylic acids is 1. The molecule has 0 aromatic heterocycles. The van der Waals surface area contributed by atoms with E-state index in [1.54, 1.807) is 0 Å². The summed E-state index contributed by atoms with van der Waals surface area (Å²) in [6.45, 7) is 19.7. The van der Waals surface area contributed by atoms with Crippen molar-refractivity contribution >= 4 is 5.91 Å². The van der Waals surface area contributed by atoms with Crippen molar-refractivity contribution in [2.75, 3.05) is 46.3 Å². The monoisotopic (exact) mass is 406 g/mol. The lowest BCUT2D eigenvalue weighted by Crippen LogP contribution is -2.70. The third kappa shape index (κ3) is 6.41. The average Bonchev–Trinajstić information content (AvgIpc) is 2.48. The second kappa shape index (κ2) is 8.84. The maximum Gasteiger partial charge on any atom is 0.234 e. The lowest BCUT2D eigenvalue weighted by Gasteiger charge is -2.54. The number of likely N-dealkylation sites (tertiary alicyclic amines) is 2. The molecule has 3 aliphatic rings. The first kappa shape index (κ1) is 23.0. The van der Waals surface area contributed by atoms with Crippen molar-refractivity contribution in [1.29, 1.82) is 0 Å². The molecule has 0 radical (unpaired) electrons. The number of likely N-dealkylation sites (N-methyl/N-ethyl adjacent to an activating group) is 1. The van der Waals surface area contributed by atoms with Crippen molar-refractivity contribution in [2.45, 2.75) is 84.8 Å². The van der Waals surface area contributed by atoms with Crippen LogP contribution in [0, 0.1) is 17.3 Å². The molecular weight excluding hydrogens is 360 g/mol. The highest BCUT2D eigenvalue weighted by Gasteiger charge is 2.41. The Morgan fingerprint density at radius 1 is 0.966 bits per heavy atom. The molecule has 0 atom stereocenters. The van der Waals surface area contributed by atoms with E-state index in [9.17, 15) is 4.79 Å². The Labute approximate surface area is 179 Å². The van der Waals surface area contributed by atoms with E-state index in [1.165, 1.54) is 45.3 Å². The zero-order valence-corrected chi connectivity index (χ0v) is 20.1. The number of hydrogen-bond donors (Lipinski definition) is 1. The molecule has 0 bridgehead atoms. The molecule has 5 nitrogen and oxygen atoms in total. The minimum atomic E-state index is -0.136. The molecule has 3 fully saturated rings. The molecule has 0 spiro atoms. The van der Waals surface area contributed by atoms with Gasteiger partial charge in [0.05, 0.1) is 6.54 Å². The van der Waals surface area contributed by atoms with E-state index < -0.39 is 0 Å². The lowest BCUT2D eigenvalue weighted by molar-refractivity contribution is -0.126. The maximum absolute atomic E-state index is 12.1. The predicted molar refractivity (Wildman–Crippen MR) is 121 cm³/mol. The highest BCUT2D eigenvalue weighted by atomic mass is 16.2. The van der Waals surface area contributed by atoms with Crippen LogP contribution in [0.25, 0.3) is 0 Å². The molecule has 1 aliphatic carbocycles. The van der Waals surface area contributed by atoms with E-state index in [4.69, 9.17) is 0 Å². The summed E-state index contributed by atoms with van der Waals surface area (Å²) in [7, 11) is 2.34. The Morgan fingerprint density at radius 2 is 1.55 bits per heavy atom. The van der Waals surface area contributed by atoms with Crippen molar-refractivity contribution < 1.29 is 4.79 Å². The van der Waals surface area contributed by atoms with Gasteiger partial charge in [0.15, 0.2) is 0 Å². The molecule has 1 amide bonds. The molecule has 2 aliphatic heterocycles. The maximum atomic E-state index is 12.1. The predicted octanol–water partition coefficient (Wildman–Crippen LogP) is 3.05. The van der Waals surface area contributed by atoms with Gasteiger partial charge in [-0.1, -0.05) is 20.8 Å². The molecule has 168 valence electrons. The number of hydrogen-bond acceptors (Lipinski definition) is 4. The van der Waals surface area contributed by atoms with E-state index in [0.29, 0.717) is 18.0 Å². The third-order valence-corrected chi connectivity index (χ3v) is 7.47. The van der Waals surface area contributed by atoms with Gasteiger partial charge in [-0.2, -0.15) is 0 Å². The Bertz CT molecular complexity index is 544. The summed E-state index contributed by atoms with van der Waals surface area (Å²) < 4.78 is 0. The fraction of sp³-hybridized carbons (Fsp3) is 0.958. The van der Waals surface area contributed by atoms with Crippen molar-refractivity contribution in [3.8, 4) is 0 Å². The number of nitrogens with zero attached hydrogens (tertiary/aromatic N) is 3. The van der Waals surface area contributed by atoms with E-state index in [-0.39, 0.29) is 11.4 Å². The fourth-order valence-electron chi connectivity index (χ4n) is 5.40. The summed E-state index contributed by atoms with van der Waals surface area (Å²) >= 11 is 0. The van der Waals surface area contributed by atoms with Gasteiger partial charge in [0.2, 0.25) is 5.91 Å². The molecule has 0 aromatic carbocycles. The molecule has 29 heavy (non-hydrogen) atoms. The second-order valence-corrected chi connectivity index (χ2v) is 12.3. The molecule has 1 N–H and O–H groups in total. The summed E-state index contributed by atoms with van der Waals surface area (Å²) in [4.78, 5) is 19.6. The average molecular weight is 407 g/mol. The van der Waals surface area contributed by atoms with Gasteiger partial charge in [-0.3, -0.25) is 14.6 Å². The molecule has 2 saturated heterocycles. The molecule has 3 rings (SSSR count). The van der Waals surface area contributed by atoms with Crippen LogP contribution in [0.3, 0.4) is 0 Å². The van der Waals surface area contributed by atoms with Gasteiger partial charge in [0.25, 0.3) is 0 Å². The molecule has 2 heterocycles. The van der Waals surface area contributed by atoms with Gasteiger partial charge in [0, 0.05) is 50.3 Å².